The predicted molar refractivity (Wildman–Crippen MR) is 118 cm³/mol. The van der Waals surface area contributed by atoms with Gasteiger partial charge in [0.15, 0.2) is 0 Å². The van der Waals surface area contributed by atoms with Crippen molar-refractivity contribution < 1.29 is 23.9 Å². The minimum atomic E-state index is -0.630. The summed E-state index contributed by atoms with van der Waals surface area (Å²) in [5.74, 6) is -0.462. The molecule has 30 heavy (non-hydrogen) atoms. The number of unbranched alkanes of at least 4 members (excludes halogenated alkanes) is 8. The quantitative estimate of drug-likeness (QED) is 0.191. The molecule has 1 rings (SSSR count). The van der Waals surface area contributed by atoms with Gasteiger partial charge in [-0.2, -0.15) is 0 Å². The SMILES string of the molecule is CCCCCCCCCCC[C@@H](C[C@@H]1OC(=O)[C@H]1C)OC(=O)[C@H](CC(C)C)NC=O. The van der Waals surface area contributed by atoms with Crippen molar-refractivity contribution in [1.82, 2.24) is 5.32 Å². The number of ether oxygens (including phenoxy) is 2. The van der Waals surface area contributed by atoms with Crippen LogP contribution in [-0.4, -0.2) is 36.6 Å². The van der Waals surface area contributed by atoms with Crippen LogP contribution in [0.5, 0.6) is 0 Å². The molecule has 1 heterocycles. The number of cyclic esters (lactones) is 1. The zero-order valence-corrected chi connectivity index (χ0v) is 19.5. The normalized spacial score (nSPS) is 20.2. The highest BCUT2D eigenvalue weighted by atomic mass is 16.6. The van der Waals surface area contributed by atoms with Crippen molar-refractivity contribution in [3.63, 3.8) is 0 Å². The number of amides is 1. The van der Waals surface area contributed by atoms with Crippen molar-refractivity contribution in [2.75, 3.05) is 0 Å². The van der Waals surface area contributed by atoms with Crippen LogP contribution in [0.25, 0.3) is 0 Å². The summed E-state index contributed by atoms with van der Waals surface area (Å²) in [6.07, 6.45) is 13.0. The Hall–Kier alpha value is -1.59. The first-order chi connectivity index (χ1) is 14.4. The number of hydrogen-bond acceptors (Lipinski definition) is 5. The third-order valence-corrected chi connectivity index (χ3v) is 5.87. The minimum absolute atomic E-state index is 0.145. The molecule has 0 radical (unpaired) electrons. The molecule has 0 spiro atoms. The van der Waals surface area contributed by atoms with E-state index in [0.29, 0.717) is 19.3 Å². The summed E-state index contributed by atoms with van der Waals surface area (Å²) >= 11 is 0. The van der Waals surface area contributed by atoms with Crippen molar-refractivity contribution in [3.8, 4) is 0 Å². The number of rotatable bonds is 18. The van der Waals surface area contributed by atoms with Crippen LogP contribution >= 0.6 is 0 Å². The maximum Gasteiger partial charge on any atom is 0.328 e. The molecule has 1 aliphatic heterocycles. The first kappa shape index (κ1) is 26.4. The predicted octanol–water partition coefficient (Wildman–Crippen LogP) is 4.93. The Kier molecular flexibility index (Phi) is 13.4. The third-order valence-electron chi connectivity index (χ3n) is 5.87. The lowest BCUT2D eigenvalue weighted by molar-refractivity contribution is -0.187. The van der Waals surface area contributed by atoms with Crippen LogP contribution in [0, 0.1) is 11.8 Å². The molecule has 0 unspecified atom stereocenters. The monoisotopic (exact) mass is 425 g/mol. The number of hydrogen-bond donors (Lipinski definition) is 1. The second-order valence-electron chi connectivity index (χ2n) is 9.14. The van der Waals surface area contributed by atoms with Crippen LogP contribution in [0.15, 0.2) is 0 Å². The lowest BCUT2D eigenvalue weighted by Gasteiger charge is -2.35. The van der Waals surface area contributed by atoms with E-state index in [1.807, 2.05) is 20.8 Å². The van der Waals surface area contributed by atoms with E-state index in [0.717, 1.165) is 19.3 Å². The summed E-state index contributed by atoms with van der Waals surface area (Å²) in [6.45, 7) is 8.09. The standard InChI is InChI=1S/C24H43NO5/c1-5-6-7-8-9-10-11-12-13-14-20(16-22-19(4)23(27)30-22)29-24(28)21(25-17-26)15-18(2)3/h17-22H,5-16H2,1-4H3,(H,25,26)/t19-,20-,21-,22-/m0/s1. The Morgan fingerprint density at radius 2 is 1.70 bits per heavy atom. The Labute approximate surface area is 182 Å². The first-order valence-corrected chi connectivity index (χ1v) is 12.0. The number of carbonyl (C=O) groups excluding carboxylic acids is 3. The van der Waals surface area contributed by atoms with Gasteiger partial charge in [-0.1, -0.05) is 72.1 Å². The smallest absolute Gasteiger partial charge is 0.328 e. The molecule has 0 aliphatic carbocycles. The highest BCUT2D eigenvalue weighted by Crippen LogP contribution is 2.28. The lowest BCUT2D eigenvalue weighted by Crippen LogP contribution is -2.46. The largest absolute Gasteiger partial charge is 0.461 e. The van der Waals surface area contributed by atoms with Gasteiger partial charge in [0.2, 0.25) is 6.41 Å². The number of carbonyl (C=O) groups is 3. The molecule has 4 atom stereocenters. The zero-order chi connectivity index (χ0) is 22.4. The molecule has 0 bridgehead atoms. The average molecular weight is 426 g/mol. The third kappa shape index (κ3) is 10.4. The Morgan fingerprint density at radius 3 is 2.20 bits per heavy atom. The maximum atomic E-state index is 12.6. The maximum absolute atomic E-state index is 12.6. The van der Waals surface area contributed by atoms with Gasteiger partial charge in [0.25, 0.3) is 0 Å². The lowest BCUT2D eigenvalue weighted by atomic mass is 9.92. The van der Waals surface area contributed by atoms with Gasteiger partial charge >= 0.3 is 11.9 Å². The molecule has 6 nitrogen and oxygen atoms in total. The van der Waals surface area contributed by atoms with E-state index in [4.69, 9.17) is 9.47 Å². The van der Waals surface area contributed by atoms with Gasteiger partial charge in [-0.15, -0.1) is 0 Å². The molecule has 1 N–H and O–H groups in total. The van der Waals surface area contributed by atoms with Gasteiger partial charge in [-0.05, 0) is 32.1 Å². The summed E-state index contributed by atoms with van der Waals surface area (Å²) < 4.78 is 11.0. The van der Waals surface area contributed by atoms with Crippen molar-refractivity contribution in [1.29, 1.82) is 0 Å². The van der Waals surface area contributed by atoms with E-state index < -0.39 is 12.0 Å². The van der Waals surface area contributed by atoms with Crippen LogP contribution in [0.4, 0.5) is 0 Å². The Morgan fingerprint density at radius 1 is 1.10 bits per heavy atom. The van der Waals surface area contributed by atoms with Crippen molar-refractivity contribution >= 4 is 18.3 Å². The average Bonchev–Trinajstić information content (AvgIpc) is 2.71. The molecule has 1 aliphatic rings. The molecule has 1 fully saturated rings. The minimum Gasteiger partial charge on any atom is -0.461 e. The van der Waals surface area contributed by atoms with Gasteiger partial charge in [0.05, 0.1) is 5.92 Å². The Bertz CT molecular complexity index is 508. The van der Waals surface area contributed by atoms with E-state index in [1.54, 1.807) is 0 Å². The van der Waals surface area contributed by atoms with Gasteiger partial charge in [0.1, 0.15) is 18.2 Å². The molecule has 1 saturated heterocycles. The molecule has 174 valence electrons. The van der Waals surface area contributed by atoms with Crippen LogP contribution in [0.1, 0.15) is 105 Å². The fraction of sp³-hybridized carbons (Fsp3) is 0.875. The fourth-order valence-electron chi connectivity index (χ4n) is 3.89. The first-order valence-electron chi connectivity index (χ1n) is 12.0. The molecule has 0 aromatic carbocycles. The highest BCUT2D eigenvalue weighted by Gasteiger charge is 2.40. The zero-order valence-electron chi connectivity index (χ0n) is 19.5. The molecule has 0 aromatic heterocycles. The molecular formula is C24H43NO5. The second kappa shape index (κ2) is 15.2. The van der Waals surface area contributed by atoms with Crippen LogP contribution in [-0.2, 0) is 23.9 Å². The molecule has 0 saturated carbocycles. The molecular weight excluding hydrogens is 382 g/mol. The summed E-state index contributed by atoms with van der Waals surface area (Å²) in [4.78, 5) is 34.9. The van der Waals surface area contributed by atoms with E-state index in [1.165, 1.54) is 44.9 Å². The molecule has 0 aromatic rings. The summed E-state index contributed by atoms with van der Waals surface area (Å²) in [5, 5.41) is 2.58. The van der Waals surface area contributed by atoms with E-state index >= 15 is 0 Å². The van der Waals surface area contributed by atoms with Gasteiger partial charge in [0, 0.05) is 6.42 Å². The van der Waals surface area contributed by atoms with E-state index in [-0.39, 0.29) is 30.0 Å². The summed E-state index contributed by atoms with van der Waals surface area (Å²) in [6, 6.07) is -0.630. The van der Waals surface area contributed by atoms with Gasteiger partial charge in [-0.3, -0.25) is 9.59 Å². The van der Waals surface area contributed by atoms with E-state index in [2.05, 4.69) is 12.2 Å². The molecule has 6 heteroatoms. The van der Waals surface area contributed by atoms with Gasteiger partial charge in [-0.25, -0.2) is 4.79 Å². The van der Waals surface area contributed by atoms with Crippen LogP contribution in [0.2, 0.25) is 0 Å². The van der Waals surface area contributed by atoms with Crippen LogP contribution < -0.4 is 5.32 Å². The summed E-state index contributed by atoms with van der Waals surface area (Å²) in [5.41, 5.74) is 0. The van der Waals surface area contributed by atoms with Crippen molar-refractivity contribution in [3.05, 3.63) is 0 Å². The second-order valence-corrected chi connectivity index (χ2v) is 9.14. The Balaban J connectivity index is 2.44. The highest BCUT2D eigenvalue weighted by molar-refractivity contribution is 5.79. The summed E-state index contributed by atoms with van der Waals surface area (Å²) in [7, 11) is 0. The molecule has 1 amide bonds. The van der Waals surface area contributed by atoms with Crippen molar-refractivity contribution in [2.45, 2.75) is 123 Å². The fourth-order valence-corrected chi connectivity index (χ4v) is 3.89. The van der Waals surface area contributed by atoms with Gasteiger partial charge < -0.3 is 14.8 Å². The number of esters is 2. The van der Waals surface area contributed by atoms with E-state index in [9.17, 15) is 14.4 Å². The van der Waals surface area contributed by atoms with Crippen molar-refractivity contribution in [2.24, 2.45) is 11.8 Å². The topological polar surface area (TPSA) is 81.7 Å². The van der Waals surface area contributed by atoms with Crippen LogP contribution in [0.3, 0.4) is 0 Å². The number of nitrogens with one attached hydrogen (secondary N) is 1.